The van der Waals surface area contributed by atoms with Crippen molar-refractivity contribution in [2.45, 2.75) is 25.5 Å². The molecular weight excluding hydrogens is 148 g/mol. The third kappa shape index (κ3) is 2.22. The summed E-state index contributed by atoms with van der Waals surface area (Å²) in [6.07, 6.45) is 0. The van der Waals surface area contributed by atoms with Gasteiger partial charge in [0.2, 0.25) is 0 Å². The van der Waals surface area contributed by atoms with Gasteiger partial charge in [-0.15, -0.1) is 9.80 Å². The number of rotatable bonds is 0. The van der Waals surface area contributed by atoms with Crippen molar-refractivity contribution >= 4 is 20.5 Å². The molecule has 0 amide bonds. The van der Waals surface area contributed by atoms with Gasteiger partial charge in [0.1, 0.15) is 0 Å². The third-order valence-electron chi connectivity index (χ3n) is 0.779. The fourth-order valence-electron chi connectivity index (χ4n) is 0. The fraction of sp³-hybridized carbons (Fsp3) is 1.00. The van der Waals surface area contributed by atoms with E-state index in [9.17, 15) is 0 Å². The molecule has 4 heteroatoms. The van der Waals surface area contributed by atoms with Gasteiger partial charge in [0, 0.05) is 10.7 Å². The quantitative estimate of drug-likeness (QED) is 0.569. The lowest BCUT2D eigenvalue weighted by molar-refractivity contribution is 0.471. The molecule has 0 spiro atoms. The lowest BCUT2D eigenvalue weighted by atomic mass is 10.3. The Morgan fingerprint density at radius 3 is 1.38 bits per heavy atom. The second-order valence-electron chi connectivity index (χ2n) is 2.59. The van der Waals surface area contributed by atoms with Gasteiger partial charge in [-0.2, -0.15) is 0 Å². The van der Waals surface area contributed by atoms with Gasteiger partial charge in [0.25, 0.3) is 0 Å². The van der Waals surface area contributed by atoms with Crippen LogP contribution in [0, 0.1) is 0 Å². The van der Waals surface area contributed by atoms with Gasteiger partial charge in [-0.25, -0.2) is 0 Å². The first kappa shape index (κ1) is 8.56. The third-order valence-corrected chi connectivity index (χ3v) is 3.73. The molecule has 52 valence electrons. The van der Waals surface area contributed by atoms with Crippen molar-refractivity contribution in [2.75, 3.05) is 0 Å². The van der Waals surface area contributed by atoms with Gasteiger partial charge < -0.3 is 0 Å². The molecule has 0 saturated carbocycles. The average Bonchev–Trinajstić information content (AvgIpc) is 1.25. The summed E-state index contributed by atoms with van der Waals surface area (Å²) in [5, 5.41) is 0. The van der Waals surface area contributed by atoms with Crippen LogP contribution in [0.4, 0.5) is 0 Å². The smallest absolute Gasteiger partial charge is 0.0670 e. The second-order valence-corrected chi connectivity index (χ2v) is 6.07. The highest BCUT2D eigenvalue weighted by atomic mass is 35.7. The van der Waals surface area contributed by atoms with Gasteiger partial charge >= 0.3 is 0 Å². The van der Waals surface area contributed by atoms with Crippen LogP contribution in [-0.2, 0) is 0 Å². The minimum Gasteiger partial charge on any atom is -0.285 e. The molecule has 0 aromatic rings. The maximum Gasteiger partial charge on any atom is 0.0670 e. The lowest BCUT2D eigenvalue weighted by Crippen LogP contribution is -2.19. The second kappa shape index (κ2) is 2.06. The molecule has 0 unspecified atom stereocenters. The van der Waals surface area contributed by atoms with Crippen LogP contribution >= 0.6 is 20.5 Å². The maximum atomic E-state index is 8.76. The van der Waals surface area contributed by atoms with Crippen LogP contribution in [0.25, 0.3) is 0 Å². The Kier molecular flexibility index (Phi) is 2.21. The van der Waals surface area contributed by atoms with Crippen LogP contribution in [0.2, 0.25) is 0 Å². The Hall–Kier alpha value is 0.560. The SMILES string of the molecule is CC(C)(C)S(O)(O)Cl. The molecule has 2 nitrogen and oxygen atoms in total. The fourth-order valence-corrected chi connectivity index (χ4v) is 0. The van der Waals surface area contributed by atoms with E-state index in [0.29, 0.717) is 0 Å². The predicted octanol–water partition coefficient (Wildman–Crippen LogP) is 2.69. The van der Waals surface area contributed by atoms with E-state index >= 15 is 0 Å². The summed E-state index contributed by atoms with van der Waals surface area (Å²) in [4.78, 5) is 0. The van der Waals surface area contributed by atoms with Gasteiger partial charge in [0.05, 0.1) is 4.75 Å². The highest BCUT2D eigenvalue weighted by Gasteiger charge is 2.26. The van der Waals surface area contributed by atoms with Crippen molar-refractivity contribution in [1.82, 2.24) is 0 Å². The Balaban J connectivity index is 4.02. The molecular formula is C4H11ClO2S. The Morgan fingerprint density at radius 2 is 1.38 bits per heavy atom. The van der Waals surface area contributed by atoms with E-state index in [-0.39, 0.29) is 0 Å². The summed E-state index contributed by atoms with van der Waals surface area (Å²) in [6.45, 7) is 5.03. The topological polar surface area (TPSA) is 40.5 Å². The molecule has 0 aliphatic rings. The highest BCUT2D eigenvalue weighted by molar-refractivity contribution is 8.43. The molecule has 2 N–H and O–H groups in total. The van der Waals surface area contributed by atoms with Crippen LogP contribution in [0.3, 0.4) is 0 Å². The van der Waals surface area contributed by atoms with E-state index in [1.807, 2.05) is 0 Å². The van der Waals surface area contributed by atoms with E-state index in [4.69, 9.17) is 19.8 Å². The summed E-state index contributed by atoms with van der Waals surface area (Å²) in [6, 6.07) is 0. The number of halogens is 1. The summed E-state index contributed by atoms with van der Waals surface area (Å²) in [5.74, 6) is 0. The first-order valence-electron chi connectivity index (χ1n) is 2.22. The van der Waals surface area contributed by atoms with Crippen molar-refractivity contribution in [1.29, 1.82) is 0 Å². The van der Waals surface area contributed by atoms with Gasteiger partial charge in [0.15, 0.2) is 0 Å². The summed E-state index contributed by atoms with van der Waals surface area (Å²) < 4.78 is 16.9. The molecule has 0 aliphatic carbocycles. The lowest BCUT2D eigenvalue weighted by Gasteiger charge is -2.36. The first-order chi connectivity index (χ1) is 3.25. The molecule has 0 aliphatic heterocycles. The molecule has 0 aromatic heterocycles. The van der Waals surface area contributed by atoms with Crippen LogP contribution in [0.1, 0.15) is 20.8 Å². The van der Waals surface area contributed by atoms with Crippen LogP contribution in [-0.4, -0.2) is 13.9 Å². The molecule has 0 fully saturated rings. The summed E-state index contributed by atoms with van der Waals surface area (Å²) in [7, 11) is 2.34. The normalized spacial score (nSPS) is 16.2. The molecule has 0 atom stereocenters. The summed E-state index contributed by atoms with van der Waals surface area (Å²) in [5.41, 5.74) is 0. The molecule has 0 radical (unpaired) electrons. The number of hydrogen-bond donors (Lipinski definition) is 2. The van der Waals surface area contributed by atoms with E-state index in [1.54, 1.807) is 20.8 Å². The van der Waals surface area contributed by atoms with Gasteiger partial charge in [-0.3, -0.25) is 9.11 Å². The minimum atomic E-state index is -2.87. The molecule has 0 bridgehead atoms. The largest absolute Gasteiger partial charge is 0.285 e. The molecule has 0 saturated heterocycles. The van der Waals surface area contributed by atoms with Crippen molar-refractivity contribution in [3.63, 3.8) is 0 Å². The number of hydrogen-bond acceptors (Lipinski definition) is 2. The standard InChI is InChI=1S/C4H11ClO2S/c1-4(2,3)8(5,6)7/h6-7H,1-3H3. The van der Waals surface area contributed by atoms with Crippen LogP contribution < -0.4 is 0 Å². The Labute approximate surface area is 55.7 Å². The molecule has 0 aromatic carbocycles. The zero-order valence-corrected chi connectivity index (χ0v) is 6.75. The zero-order valence-electron chi connectivity index (χ0n) is 5.18. The summed E-state index contributed by atoms with van der Waals surface area (Å²) >= 11 is 0. The van der Waals surface area contributed by atoms with Crippen molar-refractivity contribution in [3.05, 3.63) is 0 Å². The van der Waals surface area contributed by atoms with Crippen LogP contribution in [0.15, 0.2) is 0 Å². The van der Waals surface area contributed by atoms with Gasteiger partial charge in [-0.1, -0.05) is 0 Å². The van der Waals surface area contributed by atoms with Crippen LogP contribution in [0.5, 0.6) is 0 Å². The monoisotopic (exact) mass is 158 g/mol. The van der Waals surface area contributed by atoms with Crippen molar-refractivity contribution in [2.24, 2.45) is 0 Å². The maximum absolute atomic E-state index is 8.76. The predicted molar refractivity (Wildman–Crippen MR) is 38.5 cm³/mol. The van der Waals surface area contributed by atoms with E-state index in [2.05, 4.69) is 0 Å². The zero-order chi connectivity index (χ0) is 7.00. The molecule has 0 heterocycles. The minimum absolute atomic E-state index is 0.603. The van der Waals surface area contributed by atoms with Gasteiger partial charge in [-0.05, 0) is 20.8 Å². The molecule has 0 rings (SSSR count). The Bertz CT molecular complexity index is 69.0. The average molecular weight is 159 g/mol. The van der Waals surface area contributed by atoms with E-state index < -0.39 is 14.6 Å². The highest BCUT2D eigenvalue weighted by Crippen LogP contribution is 2.55. The van der Waals surface area contributed by atoms with Crippen molar-refractivity contribution in [3.8, 4) is 0 Å². The molecule has 8 heavy (non-hydrogen) atoms. The first-order valence-corrected chi connectivity index (χ1v) is 4.60. The Morgan fingerprint density at radius 1 is 1.25 bits per heavy atom. The van der Waals surface area contributed by atoms with E-state index in [0.717, 1.165) is 0 Å². The van der Waals surface area contributed by atoms with Crippen molar-refractivity contribution < 1.29 is 9.11 Å². The van der Waals surface area contributed by atoms with E-state index in [1.165, 1.54) is 0 Å².